The molecule has 1 aliphatic carbocycles. The molecule has 1 aliphatic rings. The van der Waals surface area contributed by atoms with E-state index in [-0.39, 0.29) is 11.5 Å². The number of hydrogen-bond donors (Lipinski definition) is 1. The van der Waals surface area contributed by atoms with Crippen molar-refractivity contribution in [3.8, 4) is 0 Å². The van der Waals surface area contributed by atoms with Gasteiger partial charge in [0.25, 0.3) is 5.56 Å². The Morgan fingerprint density at radius 1 is 1.40 bits per heavy atom. The molecule has 7 nitrogen and oxygen atoms in total. The molecule has 0 aromatic carbocycles. The lowest BCUT2D eigenvalue weighted by Gasteiger charge is -2.12. The van der Waals surface area contributed by atoms with E-state index in [1.165, 1.54) is 27.1 Å². The second-order valence-corrected chi connectivity index (χ2v) is 7.76. The van der Waals surface area contributed by atoms with Gasteiger partial charge in [-0.1, -0.05) is 11.3 Å². The summed E-state index contributed by atoms with van der Waals surface area (Å²) in [6.45, 7) is 2.14. The van der Waals surface area contributed by atoms with Gasteiger partial charge in [-0.15, -0.1) is 11.3 Å². The van der Waals surface area contributed by atoms with E-state index >= 15 is 0 Å². The van der Waals surface area contributed by atoms with Gasteiger partial charge in [-0.25, -0.2) is 9.78 Å². The number of esters is 1. The highest BCUT2D eigenvalue weighted by atomic mass is 32.1. The van der Waals surface area contributed by atoms with Crippen molar-refractivity contribution in [3.05, 3.63) is 37.2 Å². The van der Waals surface area contributed by atoms with Crippen LogP contribution in [-0.2, 0) is 17.6 Å². The van der Waals surface area contributed by atoms with E-state index in [0.29, 0.717) is 21.7 Å². The molecule has 0 radical (unpaired) electrons. The fraction of sp³-hybridized carbons (Fsp3) is 0.375. The van der Waals surface area contributed by atoms with Crippen LogP contribution in [0, 0.1) is 0 Å². The minimum atomic E-state index is -0.303. The number of aromatic nitrogens is 3. The quantitative estimate of drug-likeness (QED) is 0.700. The third-order valence-electron chi connectivity index (χ3n) is 4.11. The highest BCUT2D eigenvalue weighted by molar-refractivity contribution is 7.17. The molecule has 9 heteroatoms. The Morgan fingerprint density at radius 3 is 3.04 bits per heavy atom. The number of rotatable bonds is 4. The van der Waals surface area contributed by atoms with Gasteiger partial charge in [0.2, 0.25) is 4.96 Å². The Morgan fingerprint density at radius 2 is 2.24 bits per heavy atom. The van der Waals surface area contributed by atoms with Crippen LogP contribution in [0.2, 0.25) is 0 Å². The van der Waals surface area contributed by atoms with Gasteiger partial charge in [-0.3, -0.25) is 4.79 Å². The molecule has 25 heavy (non-hydrogen) atoms. The van der Waals surface area contributed by atoms with Gasteiger partial charge < -0.3 is 10.1 Å². The average Bonchev–Trinajstić information content (AvgIpc) is 3.28. The van der Waals surface area contributed by atoms with Crippen molar-refractivity contribution in [2.24, 2.45) is 0 Å². The third kappa shape index (κ3) is 2.83. The van der Waals surface area contributed by atoms with Crippen LogP contribution in [0.15, 0.2) is 11.1 Å². The van der Waals surface area contributed by atoms with Crippen molar-refractivity contribution in [3.63, 3.8) is 0 Å². The van der Waals surface area contributed by atoms with Crippen LogP contribution in [-0.4, -0.2) is 27.2 Å². The predicted octanol–water partition coefficient (Wildman–Crippen LogP) is 1.84. The van der Waals surface area contributed by atoms with E-state index < -0.39 is 0 Å². The lowest BCUT2D eigenvalue weighted by Crippen LogP contribution is -2.24. The van der Waals surface area contributed by atoms with Crippen molar-refractivity contribution in [1.29, 1.82) is 0 Å². The first-order valence-electron chi connectivity index (χ1n) is 8.10. The van der Waals surface area contributed by atoms with E-state index in [2.05, 4.69) is 15.4 Å². The van der Waals surface area contributed by atoms with Crippen LogP contribution in [0.5, 0.6) is 0 Å². The summed E-state index contributed by atoms with van der Waals surface area (Å²) in [6, 6.07) is 0. The van der Waals surface area contributed by atoms with Crippen LogP contribution in [0.4, 0.5) is 5.00 Å². The number of carbonyl (C=O) groups excluding carboxylic acids is 1. The molecule has 0 spiro atoms. The molecule has 3 aromatic rings. The molecule has 0 unspecified atom stereocenters. The summed E-state index contributed by atoms with van der Waals surface area (Å²) < 4.78 is 7.00. The number of thiophene rings is 1. The third-order valence-corrected chi connectivity index (χ3v) is 6.30. The second-order valence-electron chi connectivity index (χ2n) is 5.65. The van der Waals surface area contributed by atoms with Crippen LogP contribution in [0.25, 0.3) is 11.2 Å². The monoisotopic (exact) mass is 376 g/mol. The van der Waals surface area contributed by atoms with Gasteiger partial charge in [0.1, 0.15) is 15.9 Å². The molecule has 3 heterocycles. The number of thiazole rings is 1. The smallest absolute Gasteiger partial charge is 0.341 e. The van der Waals surface area contributed by atoms with E-state index in [1.807, 2.05) is 0 Å². The average molecular weight is 376 g/mol. The van der Waals surface area contributed by atoms with E-state index in [0.717, 1.165) is 36.2 Å². The summed E-state index contributed by atoms with van der Waals surface area (Å²) in [5.41, 5.74) is 1.49. The van der Waals surface area contributed by atoms with Gasteiger partial charge in [0.05, 0.1) is 12.2 Å². The Hall–Kier alpha value is -2.26. The zero-order valence-corrected chi connectivity index (χ0v) is 15.2. The standard InChI is InChI=1S/C16H16N4O3S2/c1-2-23-15(22)12-9-5-3-4-6-10(9)24-13(12)17-7-11-14(21)20-16(25-11)18-8-19-20/h7-8,17H,2-6H2,1H3/b11-7-. The number of aryl methyl sites for hydroxylation is 1. The predicted molar refractivity (Wildman–Crippen MR) is 97.4 cm³/mol. The minimum absolute atomic E-state index is 0.219. The lowest BCUT2D eigenvalue weighted by molar-refractivity contribution is 0.0526. The highest BCUT2D eigenvalue weighted by Gasteiger charge is 2.26. The van der Waals surface area contributed by atoms with Crippen LogP contribution >= 0.6 is 22.7 Å². The molecule has 4 rings (SSSR count). The molecule has 0 amide bonds. The summed E-state index contributed by atoms with van der Waals surface area (Å²) in [5.74, 6) is -0.303. The molecule has 0 aliphatic heterocycles. The number of nitrogens with zero attached hydrogens (tertiary/aromatic N) is 3. The van der Waals surface area contributed by atoms with Crippen LogP contribution in [0.3, 0.4) is 0 Å². The number of ether oxygens (including phenoxy) is 1. The van der Waals surface area contributed by atoms with Crippen LogP contribution < -0.4 is 15.4 Å². The van der Waals surface area contributed by atoms with Gasteiger partial charge >= 0.3 is 5.97 Å². The van der Waals surface area contributed by atoms with E-state index in [4.69, 9.17) is 4.74 Å². The Balaban J connectivity index is 1.74. The molecule has 0 saturated heterocycles. The molecular formula is C16H16N4O3S2. The first-order valence-corrected chi connectivity index (χ1v) is 9.73. The maximum Gasteiger partial charge on any atom is 0.341 e. The van der Waals surface area contributed by atoms with Gasteiger partial charge in [0, 0.05) is 11.1 Å². The SMILES string of the molecule is CCOC(=O)c1c(N/C=c2\sc3ncnn3c2=O)sc2c1CCCC2. The number of nitrogens with one attached hydrogen (secondary N) is 1. The summed E-state index contributed by atoms with van der Waals surface area (Å²) in [7, 11) is 0. The molecule has 0 fully saturated rings. The Bertz CT molecular complexity index is 1050. The number of hydrogen-bond acceptors (Lipinski definition) is 8. The normalized spacial score (nSPS) is 14.7. The van der Waals surface area contributed by atoms with Gasteiger partial charge in [0.15, 0.2) is 0 Å². The summed E-state index contributed by atoms with van der Waals surface area (Å²) in [4.78, 5) is 30.5. The van der Waals surface area contributed by atoms with Crippen molar-refractivity contribution in [1.82, 2.24) is 14.6 Å². The molecule has 0 saturated carbocycles. The van der Waals surface area contributed by atoms with Gasteiger partial charge in [-0.05, 0) is 38.2 Å². The van der Waals surface area contributed by atoms with Crippen molar-refractivity contribution in [2.45, 2.75) is 32.6 Å². The topological polar surface area (TPSA) is 85.6 Å². The van der Waals surface area contributed by atoms with Gasteiger partial charge in [-0.2, -0.15) is 9.61 Å². The Labute approximate surface area is 151 Å². The largest absolute Gasteiger partial charge is 0.462 e. The summed E-state index contributed by atoms with van der Waals surface area (Å²) in [5, 5.41) is 7.79. The zero-order chi connectivity index (χ0) is 17.4. The van der Waals surface area contributed by atoms with Crippen LogP contribution in [0.1, 0.15) is 40.6 Å². The molecular weight excluding hydrogens is 360 g/mol. The fourth-order valence-corrected chi connectivity index (χ4v) is 5.05. The summed E-state index contributed by atoms with van der Waals surface area (Å²) in [6.07, 6.45) is 7.08. The second kappa shape index (κ2) is 6.57. The minimum Gasteiger partial charge on any atom is -0.462 e. The maximum absolute atomic E-state index is 12.4. The fourth-order valence-electron chi connectivity index (χ4n) is 3.00. The Kier molecular flexibility index (Phi) is 4.26. The maximum atomic E-state index is 12.4. The molecule has 0 bridgehead atoms. The first kappa shape index (κ1) is 16.2. The highest BCUT2D eigenvalue weighted by Crippen LogP contribution is 2.38. The molecule has 3 aromatic heterocycles. The number of fused-ring (bicyclic) bond motifs is 2. The van der Waals surface area contributed by atoms with E-state index in [9.17, 15) is 9.59 Å². The molecule has 0 atom stereocenters. The van der Waals surface area contributed by atoms with E-state index in [1.54, 1.807) is 24.5 Å². The first-order chi connectivity index (χ1) is 12.2. The lowest BCUT2D eigenvalue weighted by atomic mass is 9.95. The van der Waals surface area contributed by atoms with Crippen molar-refractivity contribution in [2.75, 3.05) is 11.9 Å². The molecule has 130 valence electrons. The van der Waals surface area contributed by atoms with Crippen molar-refractivity contribution < 1.29 is 9.53 Å². The molecule has 1 N–H and O–H groups in total. The zero-order valence-electron chi connectivity index (χ0n) is 13.6. The van der Waals surface area contributed by atoms with Crippen molar-refractivity contribution >= 4 is 44.8 Å². The number of anilines is 1. The summed E-state index contributed by atoms with van der Waals surface area (Å²) >= 11 is 2.83. The number of carbonyl (C=O) groups is 1.